The van der Waals surface area contributed by atoms with E-state index in [9.17, 15) is 9.59 Å². The third-order valence-corrected chi connectivity index (χ3v) is 4.27. The van der Waals surface area contributed by atoms with Crippen molar-refractivity contribution in [3.63, 3.8) is 0 Å². The molecule has 1 aromatic carbocycles. The molecule has 1 heterocycles. The summed E-state index contributed by atoms with van der Waals surface area (Å²) in [5, 5.41) is 2.40. The molecule has 0 fully saturated rings. The predicted molar refractivity (Wildman–Crippen MR) is 84.4 cm³/mol. The molecule has 7 heteroatoms. The highest BCUT2D eigenvalue weighted by molar-refractivity contribution is 8.14. The number of hydrogen-bond acceptors (Lipinski definition) is 6. The Morgan fingerprint density at radius 3 is 2.90 bits per heavy atom. The van der Waals surface area contributed by atoms with E-state index in [4.69, 9.17) is 4.74 Å². The maximum absolute atomic E-state index is 11.7. The minimum Gasteiger partial charge on any atom is -0.432 e. The van der Waals surface area contributed by atoms with Crippen LogP contribution in [-0.2, 0) is 9.53 Å². The first-order valence-corrected chi connectivity index (χ1v) is 7.85. The van der Waals surface area contributed by atoms with Crippen molar-refractivity contribution in [3.8, 4) is 0 Å². The van der Waals surface area contributed by atoms with Gasteiger partial charge in [-0.25, -0.2) is 4.98 Å². The van der Waals surface area contributed by atoms with Crippen LogP contribution in [0.3, 0.4) is 0 Å². The number of allylic oxidation sites excluding steroid dienone is 1. The highest BCUT2D eigenvalue weighted by atomic mass is 32.2. The number of para-hydroxylation sites is 1. The molecule has 1 aromatic heterocycles. The zero-order chi connectivity index (χ0) is 15.2. The molecular weight excluding hydrogens is 308 g/mol. The average molecular weight is 322 g/mol. The van der Waals surface area contributed by atoms with Crippen molar-refractivity contribution in [2.24, 2.45) is 0 Å². The van der Waals surface area contributed by atoms with E-state index in [0.717, 1.165) is 22.0 Å². The normalized spacial score (nSPS) is 10.3. The number of amides is 1. The monoisotopic (exact) mass is 322 g/mol. The van der Waals surface area contributed by atoms with Crippen molar-refractivity contribution in [3.05, 3.63) is 36.6 Å². The predicted octanol–water partition coefficient (Wildman–Crippen LogP) is 3.56. The Morgan fingerprint density at radius 1 is 1.43 bits per heavy atom. The molecule has 0 saturated heterocycles. The first-order chi connectivity index (χ1) is 10.0. The van der Waals surface area contributed by atoms with Crippen molar-refractivity contribution in [1.29, 1.82) is 0 Å². The second-order valence-electron chi connectivity index (χ2n) is 4.19. The molecule has 5 nitrogen and oxygen atoms in total. The quantitative estimate of drug-likeness (QED) is 0.518. The number of nitrogens with one attached hydrogen (secondary N) is 1. The van der Waals surface area contributed by atoms with Crippen LogP contribution in [0.4, 0.5) is 4.79 Å². The molecule has 0 spiro atoms. The topological polar surface area (TPSA) is 68.3 Å². The van der Waals surface area contributed by atoms with Crippen LogP contribution in [0.25, 0.3) is 10.2 Å². The van der Waals surface area contributed by atoms with Gasteiger partial charge in [-0.2, -0.15) is 0 Å². The highest BCUT2D eigenvalue weighted by Gasteiger charge is 2.10. The Kier molecular flexibility index (Phi) is 5.35. The highest BCUT2D eigenvalue weighted by Crippen LogP contribution is 2.29. The van der Waals surface area contributed by atoms with Gasteiger partial charge in [0.1, 0.15) is 0 Å². The Balaban J connectivity index is 1.79. The van der Waals surface area contributed by atoms with Gasteiger partial charge in [0.15, 0.2) is 4.34 Å². The number of fused-ring (bicyclic) bond motifs is 1. The number of benzene rings is 1. The van der Waals surface area contributed by atoms with Gasteiger partial charge in [0, 0.05) is 18.3 Å². The number of esters is 1. The number of carbonyl (C=O) groups excluding carboxylic acids is 2. The minimum absolute atomic E-state index is 0.110. The smallest absolute Gasteiger partial charge is 0.312 e. The van der Waals surface area contributed by atoms with E-state index < -0.39 is 5.97 Å². The van der Waals surface area contributed by atoms with Gasteiger partial charge in [0.05, 0.1) is 22.4 Å². The molecule has 0 aliphatic carbocycles. The number of rotatable bonds is 5. The maximum atomic E-state index is 11.7. The van der Waals surface area contributed by atoms with Gasteiger partial charge in [-0.05, 0) is 19.1 Å². The Bertz CT molecular complexity index is 649. The molecular formula is C14H14N2O3S2. The summed E-state index contributed by atoms with van der Waals surface area (Å²) < 4.78 is 6.51. The van der Waals surface area contributed by atoms with Crippen LogP contribution in [0.15, 0.2) is 40.9 Å². The van der Waals surface area contributed by atoms with Gasteiger partial charge in [-0.3, -0.25) is 9.59 Å². The van der Waals surface area contributed by atoms with Crippen LogP contribution in [0.1, 0.15) is 13.3 Å². The van der Waals surface area contributed by atoms with Crippen LogP contribution in [0, 0.1) is 0 Å². The maximum Gasteiger partial charge on any atom is 0.312 e. The summed E-state index contributed by atoms with van der Waals surface area (Å²) in [7, 11) is 0. The molecule has 2 aromatic rings. The minimum atomic E-state index is -0.409. The van der Waals surface area contributed by atoms with Gasteiger partial charge in [-0.15, -0.1) is 11.3 Å². The first kappa shape index (κ1) is 15.5. The van der Waals surface area contributed by atoms with Crippen molar-refractivity contribution in [2.75, 3.05) is 6.54 Å². The zero-order valence-corrected chi connectivity index (χ0v) is 13.1. The van der Waals surface area contributed by atoms with Gasteiger partial charge in [0.2, 0.25) is 0 Å². The second kappa shape index (κ2) is 7.24. The number of thiazole rings is 1. The number of nitrogens with zero attached hydrogens (tertiary/aromatic N) is 1. The largest absolute Gasteiger partial charge is 0.432 e. The van der Waals surface area contributed by atoms with Crippen LogP contribution in [-0.4, -0.2) is 22.7 Å². The van der Waals surface area contributed by atoms with Crippen LogP contribution in [0.5, 0.6) is 0 Å². The van der Waals surface area contributed by atoms with E-state index >= 15 is 0 Å². The van der Waals surface area contributed by atoms with Crippen molar-refractivity contribution in [2.45, 2.75) is 17.7 Å². The Labute approximate surface area is 130 Å². The summed E-state index contributed by atoms with van der Waals surface area (Å²) in [5.74, 6) is -0.0667. The van der Waals surface area contributed by atoms with Crippen molar-refractivity contribution in [1.82, 2.24) is 10.3 Å². The number of carbonyl (C=O) groups is 2. The Hall–Kier alpha value is -1.86. The molecule has 0 aliphatic heterocycles. The van der Waals surface area contributed by atoms with E-state index in [0.29, 0.717) is 10.1 Å². The number of aromatic nitrogens is 1. The van der Waals surface area contributed by atoms with E-state index in [1.807, 2.05) is 24.3 Å². The number of ether oxygens (including phenoxy) is 1. The molecule has 110 valence electrons. The van der Waals surface area contributed by atoms with Crippen LogP contribution < -0.4 is 5.32 Å². The van der Waals surface area contributed by atoms with Gasteiger partial charge < -0.3 is 10.1 Å². The molecule has 0 unspecified atom stereocenters. The fourth-order valence-electron chi connectivity index (χ4n) is 1.52. The van der Waals surface area contributed by atoms with Crippen LogP contribution in [0.2, 0.25) is 0 Å². The van der Waals surface area contributed by atoms with Crippen molar-refractivity contribution < 1.29 is 14.3 Å². The number of thioether (sulfide) groups is 1. The number of hydrogen-bond donors (Lipinski definition) is 1. The third kappa shape index (κ3) is 4.87. The molecule has 0 aliphatic rings. The summed E-state index contributed by atoms with van der Waals surface area (Å²) in [6.45, 7) is 5.30. The van der Waals surface area contributed by atoms with Gasteiger partial charge in [0.25, 0.3) is 5.24 Å². The lowest BCUT2D eigenvalue weighted by molar-refractivity contribution is -0.139. The molecule has 1 amide bonds. The lowest BCUT2D eigenvalue weighted by atomic mass is 10.3. The first-order valence-electron chi connectivity index (χ1n) is 6.22. The second-order valence-corrected chi connectivity index (χ2v) is 6.44. The summed E-state index contributed by atoms with van der Waals surface area (Å²) in [6.07, 6.45) is 0.110. The lowest BCUT2D eigenvalue weighted by Gasteiger charge is -2.04. The zero-order valence-electron chi connectivity index (χ0n) is 11.4. The summed E-state index contributed by atoms with van der Waals surface area (Å²) in [5.41, 5.74) is 0.878. The standard InChI is InChI=1S/C14H14N2O3S2/c1-9(2)19-12(17)7-8-15-13(18)21-14-16-10-5-3-4-6-11(10)20-14/h3-6H,1,7-8H2,2H3,(H,15,18). The lowest BCUT2D eigenvalue weighted by Crippen LogP contribution is -2.22. The summed E-state index contributed by atoms with van der Waals surface area (Å²) in [4.78, 5) is 27.4. The Morgan fingerprint density at radius 2 is 2.19 bits per heavy atom. The van der Waals surface area contributed by atoms with E-state index in [2.05, 4.69) is 16.9 Å². The molecule has 1 N–H and O–H groups in total. The van der Waals surface area contributed by atoms with Gasteiger partial charge >= 0.3 is 5.97 Å². The molecule has 0 bridgehead atoms. The SMILES string of the molecule is C=C(C)OC(=O)CCNC(=O)Sc1nc2ccccc2s1. The average Bonchev–Trinajstić information content (AvgIpc) is 2.79. The van der Waals surface area contributed by atoms with Crippen LogP contribution >= 0.6 is 23.1 Å². The summed E-state index contributed by atoms with van der Waals surface area (Å²) >= 11 is 2.48. The third-order valence-electron chi connectivity index (χ3n) is 2.34. The van der Waals surface area contributed by atoms with Crippen molar-refractivity contribution >= 4 is 44.5 Å². The molecule has 0 radical (unpaired) electrons. The van der Waals surface area contributed by atoms with E-state index in [1.165, 1.54) is 11.3 Å². The molecule has 2 rings (SSSR count). The molecule has 0 saturated carbocycles. The van der Waals surface area contributed by atoms with Gasteiger partial charge in [-0.1, -0.05) is 18.7 Å². The van der Waals surface area contributed by atoms with E-state index in [-0.39, 0.29) is 18.2 Å². The fraction of sp³-hybridized carbons (Fsp3) is 0.214. The fourth-order valence-corrected chi connectivity index (χ4v) is 3.36. The molecule has 0 atom stereocenters. The van der Waals surface area contributed by atoms with E-state index in [1.54, 1.807) is 6.92 Å². The summed E-state index contributed by atoms with van der Waals surface area (Å²) in [6, 6.07) is 7.70. The molecule has 21 heavy (non-hydrogen) atoms.